The topological polar surface area (TPSA) is 76.5 Å². The highest BCUT2D eigenvalue weighted by molar-refractivity contribution is 5.93. The van der Waals surface area contributed by atoms with Crippen LogP contribution in [0, 0.1) is 12.8 Å². The molecular formula is C23H28N4O3. The third kappa shape index (κ3) is 3.86. The van der Waals surface area contributed by atoms with Crippen molar-refractivity contribution in [2.45, 2.75) is 57.9 Å². The second-order valence-corrected chi connectivity index (χ2v) is 8.75. The van der Waals surface area contributed by atoms with Gasteiger partial charge in [-0.15, -0.1) is 0 Å². The molecule has 5 rings (SSSR count). The highest BCUT2D eigenvalue weighted by Crippen LogP contribution is 2.29. The zero-order chi connectivity index (χ0) is 20.7. The molecule has 0 spiro atoms. The van der Waals surface area contributed by atoms with Crippen LogP contribution in [-0.4, -0.2) is 45.4 Å². The molecular weight excluding hydrogens is 380 g/mol. The average molecular weight is 409 g/mol. The van der Waals surface area contributed by atoms with E-state index in [0.717, 1.165) is 24.1 Å². The Morgan fingerprint density at radius 3 is 2.53 bits per heavy atom. The molecule has 2 aliphatic heterocycles. The van der Waals surface area contributed by atoms with E-state index in [1.807, 2.05) is 9.47 Å². The van der Waals surface area contributed by atoms with Crippen LogP contribution in [0.1, 0.15) is 59.1 Å². The molecule has 7 heteroatoms. The Bertz CT molecular complexity index is 940. The van der Waals surface area contributed by atoms with Crippen LogP contribution in [-0.2, 0) is 22.7 Å². The Balaban J connectivity index is 1.22. The number of hydrogen-bond acceptors (Lipinski definition) is 4. The molecule has 0 unspecified atom stereocenters. The first kappa shape index (κ1) is 19.3. The minimum absolute atomic E-state index is 0.0177. The summed E-state index contributed by atoms with van der Waals surface area (Å²) < 4.78 is 8.11. The summed E-state index contributed by atoms with van der Waals surface area (Å²) in [7, 11) is 0. The summed E-state index contributed by atoms with van der Waals surface area (Å²) in [5.74, 6) is 0.117. The third-order valence-electron chi connectivity index (χ3n) is 6.46. The number of aromatic nitrogens is 2. The summed E-state index contributed by atoms with van der Waals surface area (Å²) in [6.45, 7) is 4.29. The van der Waals surface area contributed by atoms with Crippen molar-refractivity contribution in [3.05, 3.63) is 53.1 Å². The highest BCUT2D eigenvalue weighted by Gasteiger charge is 2.33. The molecule has 2 fully saturated rings. The molecule has 0 bridgehead atoms. The second-order valence-electron chi connectivity index (χ2n) is 8.75. The number of amides is 2. The van der Waals surface area contributed by atoms with Crippen LogP contribution >= 0.6 is 0 Å². The predicted octanol–water partition coefficient (Wildman–Crippen LogP) is 2.59. The molecule has 0 radical (unpaired) electrons. The van der Waals surface area contributed by atoms with Gasteiger partial charge in [0.1, 0.15) is 6.10 Å². The smallest absolute Gasteiger partial charge is 0.274 e. The number of fused-ring (bicyclic) bond motifs is 1. The summed E-state index contributed by atoms with van der Waals surface area (Å²) >= 11 is 0. The summed E-state index contributed by atoms with van der Waals surface area (Å²) in [4.78, 5) is 31.6. The molecule has 1 saturated carbocycles. The van der Waals surface area contributed by atoms with Crippen molar-refractivity contribution in [2.75, 3.05) is 13.1 Å². The molecule has 1 aliphatic carbocycles. The molecule has 2 amide bonds. The van der Waals surface area contributed by atoms with Crippen LogP contribution in [0.4, 0.5) is 0 Å². The fraction of sp³-hybridized carbons (Fsp3) is 0.522. The SMILES string of the molecule is Cc1ccc([C@H]2Cn3cnc(C(=O)N4CCC(C(=O)NC5CC5)CC4)c3CO2)cc1. The highest BCUT2D eigenvalue weighted by atomic mass is 16.5. The molecule has 3 aliphatic rings. The van der Waals surface area contributed by atoms with Crippen LogP contribution in [0.3, 0.4) is 0 Å². The van der Waals surface area contributed by atoms with Crippen LogP contribution in [0.5, 0.6) is 0 Å². The van der Waals surface area contributed by atoms with Crippen molar-refractivity contribution in [3.63, 3.8) is 0 Å². The molecule has 2 aromatic rings. The van der Waals surface area contributed by atoms with E-state index in [0.29, 0.717) is 50.8 Å². The zero-order valence-corrected chi connectivity index (χ0v) is 17.3. The lowest BCUT2D eigenvalue weighted by molar-refractivity contribution is -0.126. The number of hydrogen-bond donors (Lipinski definition) is 1. The maximum absolute atomic E-state index is 13.1. The summed E-state index contributed by atoms with van der Waals surface area (Å²) in [6, 6.07) is 8.75. The van der Waals surface area contributed by atoms with Crippen molar-refractivity contribution in [3.8, 4) is 0 Å². The Hall–Kier alpha value is -2.67. The van der Waals surface area contributed by atoms with Gasteiger partial charge in [0.25, 0.3) is 5.91 Å². The Morgan fingerprint density at radius 1 is 1.10 bits per heavy atom. The van der Waals surface area contributed by atoms with Gasteiger partial charge in [-0.05, 0) is 38.2 Å². The first-order valence-electron chi connectivity index (χ1n) is 10.9. The Morgan fingerprint density at radius 2 is 1.83 bits per heavy atom. The zero-order valence-electron chi connectivity index (χ0n) is 17.3. The third-order valence-corrected chi connectivity index (χ3v) is 6.46. The van der Waals surface area contributed by atoms with Crippen LogP contribution < -0.4 is 5.32 Å². The van der Waals surface area contributed by atoms with Gasteiger partial charge in [0, 0.05) is 25.0 Å². The number of ether oxygens (including phenoxy) is 1. The molecule has 1 saturated heterocycles. The lowest BCUT2D eigenvalue weighted by atomic mass is 9.95. The van der Waals surface area contributed by atoms with Crippen molar-refractivity contribution < 1.29 is 14.3 Å². The van der Waals surface area contributed by atoms with E-state index in [9.17, 15) is 9.59 Å². The van der Waals surface area contributed by atoms with Crippen LogP contribution in [0.15, 0.2) is 30.6 Å². The normalized spacial score (nSPS) is 21.9. The number of carbonyl (C=O) groups is 2. The lowest BCUT2D eigenvalue weighted by Crippen LogP contribution is -2.43. The van der Waals surface area contributed by atoms with E-state index in [-0.39, 0.29) is 23.8 Å². The second kappa shape index (κ2) is 7.87. The van der Waals surface area contributed by atoms with Crippen molar-refractivity contribution in [2.24, 2.45) is 5.92 Å². The largest absolute Gasteiger partial charge is 0.365 e. The average Bonchev–Trinajstić information content (AvgIpc) is 3.49. The molecule has 3 heterocycles. The minimum atomic E-state index is -0.0535. The summed E-state index contributed by atoms with van der Waals surface area (Å²) in [6.07, 6.45) is 5.35. The van der Waals surface area contributed by atoms with Gasteiger partial charge in [0.05, 0.1) is 25.2 Å². The number of nitrogens with zero attached hydrogens (tertiary/aromatic N) is 3. The monoisotopic (exact) mass is 408 g/mol. The van der Waals surface area contributed by atoms with Crippen molar-refractivity contribution in [1.29, 1.82) is 0 Å². The summed E-state index contributed by atoms with van der Waals surface area (Å²) in [5.41, 5.74) is 3.69. The fourth-order valence-electron chi connectivity index (χ4n) is 4.33. The molecule has 7 nitrogen and oxygen atoms in total. The molecule has 1 N–H and O–H groups in total. The minimum Gasteiger partial charge on any atom is -0.365 e. The number of aryl methyl sites for hydroxylation is 1. The van der Waals surface area contributed by atoms with E-state index < -0.39 is 0 Å². The molecule has 30 heavy (non-hydrogen) atoms. The first-order valence-corrected chi connectivity index (χ1v) is 10.9. The number of nitrogens with one attached hydrogen (secondary N) is 1. The molecule has 1 aromatic heterocycles. The van der Waals surface area contributed by atoms with Gasteiger partial charge in [-0.2, -0.15) is 0 Å². The lowest BCUT2D eigenvalue weighted by Gasteiger charge is -2.31. The maximum atomic E-state index is 13.1. The molecule has 158 valence electrons. The predicted molar refractivity (Wildman–Crippen MR) is 111 cm³/mol. The quantitative estimate of drug-likeness (QED) is 0.844. The standard InChI is InChI=1S/C23H28N4O3/c1-15-2-4-16(5-3-15)20-12-27-14-24-21(19(27)13-30-20)23(29)26-10-8-17(9-11-26)22(28)25-18-6-7-18/h2-5,14,17-18,20H,6-13H2,1H3,(H,25,28)/t20-/m1/s1. The van der Waals surface area contributed by atoms with Crippen LogP contribution in [0.2, 0.25) is 0 Å². The first-order chi connectivity index (χ1) is 14.6. The van der Waals surface area contributed by atoms with Crippen molar-refractivity contribution in [1.82, 2.24) is 19.8 Å². The van der Waals surface area contributed by atoms with Crippen molar-refractivity contribution >= 4 is 11.8 Å². The maximum Gasteiger partial charge on any atom is 0.274 e. The van der Waals surface area contributed by atoms with Gasteiger partial charge in [-0.25, -0.2) is 4.98 Å². The van der Waals surface area contributed by atoms with E-state index in [2.05, 4.69) is 41.5 Å². The van der Waals surface area contributed by atoms with Gasteiger partial charge >= 0.3 is 0 Å². The van der Waals surface area contributed by atoms with Gasteiger partial charge in [-0.1, -0.05) is 29.8 Å². The van der Waals surface area contributed by atoms with Gasteiger partial charge in [0.2, 0.25) is 5.91 Å². The fourth-order valence-corrected chi connectivity index (χ4v) is 4.33. The molecule has 1 aromatic carbocycles. The number of rotatable bonds is 4. The van der Waals surface area contributed by atoms with Crippen LogP contribution in [0.25, 0.3) is 0 Å². The van der Waals surface area contributed by atoms with E-state index >= 15 is 0 Å². The number of benzene rings is 1. The summed E-state index contributed by atoms with van der Waals surface area (Å²) in [5, 5.41) is 3.08. The van der Waals surface area contributed by atoms with Gasteiger partial charge in [-0.3, -0.25) is 9.59 Å². The van der Waals surface area contributed by atoms with Gasteiger partial charge < -0.3 is 19.5 Å². The van der Waals surface area contributed by atoms with Gasteiger partial charge in [0.15, 0.2) is 5.69 Å². The Kier molecular flexibility index (Phi) is 5.06. The number of carbonyl (C=O) groups excluding carboxylic acids is 2. The van der Waals surface area contributed by atoms with E-state index in [4.69, 9.17) is 4.74 Å². The van der Waals surface area contributed by atoms with E-state index in [1.165, 1.54) is 5.56 Å². The molecule has 1 atom stereocenters. The number of imidazole rings is 1. The van der Waals surface area contributed by atoms with E-state index in [1.54, 1.807) is 6.33 Å². The number of piperidine rings is 1. The Labute approximate surface area is 176 Å². The number of likely N-dealkylation sites (tertiary alicyclic amines) is 1.